The first-order chi connectivity index (χ1) is 5.81. The quantitative estimate of drug-likeness (QED) is 0.693. The van der Waals surface area contributed by atoms with E-state index in [0.29, 0.717) is 11.8 Å². The maximum atomic E-state index is 11.3. The molecule has 0 saturated heterocycles. The first-order valence-electron chi connectivity index (χ1n) is 4.02. The van der Waals surface area contributed by atoms with E-state index in [9.17, 15) is 4.79 Å². The second-order valence-electron chi connectivity index (χ2n) is 2.96. The molecule has 2 rings (SSSR count). The van der Waals surface area contributed by atoms with E-state index in [-0.39, 0.29) is 5.78 Å². The van der Waals surface area contributed by atoms with E-state index in [2.05, 4.69) is 15.9 Å². The zero-order valence-electron chi connectivity index (χ0n) is 6.60. The number of ketones is 1. The molecule has 64 valence electrons. The van der Waals surface area contributed by atoms with Crippen LogP contribution in [0.1, 0.15) is 34.7 Å². The lowest BCUT2D eigenvalue weighted by Gasteiger charge is -2.06. The fraction of sp³-hybridized carbons (Fsp3) is 0.444. The molecule has 12 heavy (non-hydrogen) atoms. The molecule has 1 aliphatic carbocycles. The lowest BCUT2D eigenvalue weighted by Crippen LogP contribution is -2.07. The third kappa shape index (κ3) is 1.22. The van der Waals surface area contributed by atoms with Gasteiger partial charge >= 0.3 is 0 Å². The van der Waals surface area contributed by atoms with Crippen molar-refractivity contribution >= 4 is 21.7 Å². The molecule has 0 amide bonds. The van der Waals surface area contributed by atoms with Gasteiger partial charge in [0.1, 0.15) is 11.5 Å². The number of hydrogen-bond donors (Lipinski definition) is 0. The molecule has 0 aromatic carbocycles. The molecule has 2 nitrogen and oxygen atoms in total. The Labute approximate surface area is 79.1 Å². The topological polar surface area (TPSA) is 30.2 Å². The van der Waals surface area contributed by atoms with Crippen LogP contribution in [0, 0.1) is 0 Å². The fourth-order valence-corrected chi connectivity index (χ4v) is 1.79. The minimum atomic E-state index is 0.229. The molecule has 1 aromatic heterocycles. The highest BCUT2D eigenvalue weighted by atomic mass is 79.9. The van der Waals surface area contributed by atoms with Gasteiger partial charge in [0.15, 0.2) is 5.78 Å². The van der Waals surface area contributed by atoms with Crippen molar-refractivity contribution in [1.29, 1.82) is 0 Å². The van der Waals surface area contributed by atoms with Crippen LogP contribution in [-0.2, 0) is 11.8 Å². The van der Waals surface area contributed by atoms with E-state index in [1.807, 2.05) is 6.07 Å². The third-order valence-corrected chi connectivity index (χ3v) is 2.65. The smallest absolute Gasteiger partial charge is 0.166 e. The molecule has 0 fully saturated rings. The summed E-state index contributed by atoms with van der Waals surface area (Å²) in [5, 5.41) is 0.688. The Hall–Kier alpha value is -0.570. The summed E-state index contributed by atoms with van der Waals surface area (Å²) >= 11 is 3.30. The summed E-state index contributed by atoms with van der Waals surface area (Å²) in [5.41, 5.74) is 0.802. The number of furan rings is 1. The van der Waals surface area contributed by atoms with Gasteiger partial charge in [0.05, 0.1) is 10.9 Å². The zero-order valence-corrected chi connectivity index (χ0v) is 8.19. The normalized spacial score (nSPS) is 16.2. The van der Waals surface area contributed by atoms with Crippen LogP contribution >= 0.6 is 15.9 Å². The van der Waals surface area contributed by atoms with Crippen LogP contribution < -0.4 is 0 Å². The third-order valence-electron chi connectivity index (χ3n) is 2.10. The van der Waals surface area contributed by atoms with E-state index >= 15 is 0 Å². The van der Waals surface area contributed by atoms with Crippen LogP contribution in [-0.4, -0.2) is 5.78 Å². The van der Waals surface area contributed by atoms with Gasteiger partial charge in [-0.15, -0.1) is 0 Å². The molecule has 1 heterocycles. The Bertz CT molecular complexity index is 314. The van der Waals surface area contributed by atoms with Crippen molar-refractivity contribution in [1.82, 2.24) is 0 Å². The molecule has 0 radical (unpaired) electrons. The monoisotopic (exact) mass is 228 g/mol. The van der Waals surface area contributed by atoms with Gasteiger partial charge in [-0.2, -0.15) is 0 Å². The predicted octanol–water partition coefficient (Wildman–Crippen LogP) is 2.69. The number of rotatable bonds is 1. The summed E-state index contributed by atoms with van der Waals surface area (Å²) in [7, 11) is 0. The molecule has 1 aliphatic rings. The van der Waals surface area contributed by atoms with Crippen molar-refractivity contribution < 1.29 is 9.21 Å². The van der Waals surface area contributed by atoms with Crippen LogP contribution in [0.4, 0.5) is 0 Å². The summed E-state index contributed by atoms with van der Waals surface area (Å²) in [6.45, 7) is 0. The standard InChI is InChI=1S/C9H9BrO2/c10-5-6-4-7-8(11)2-1-3-9(7)12-6/h4H,1-3,5H2. The minimum absolute atomic E-state index is 0.229. The number of carbonyl (C=O) groups is 1. The maximum absolute atomic E-state index is 11.3. The highest BCUT2D eigenvalue weighted by Crippen LogP contribution is 2.25. The molecule has 3 heteroatoms. The molecule has 0 saturated carbocycles. The number of alkyl halides is 1. The molecule has 0 atom stereocenters. The average molecular weight is 229 g/mol. The number of fused-ring (bicyclic) bond motifs is 1. The lowest BCUT2D eigenvalue weighted by atomic mass is 9.97. The van der Waals surface area contributed by atoms with Crippen LogP contribution in [0.25, 0.3) is 0 Å². The largest absolute Gasteiger partial charge is 0.464 e. The number of halogens is 1. The first kappa shape index (κ1) is 8.05. The number of hydrogen-bond acceptors (Lipinski definition) is 2. The van der Waals surface area contributed by atoms with Gasteiger partial charge in [-0.05, 0) is 12.5 Å². The Balaban J connectivity index is 2.43. The second kappa shape index (κ2) is 3.05. The van der Waals surface area contributed by atoms with Gasteiger partial charge in [0.25, 0.3) is 0 Å². The van der Waals surface area contributed by atoms with Crippen molar-refractivity contribution in [2.75, 3.05) is 0 Å². The SMILES string of the molecule is O=C1CCCc2oc(CBr)cc21. The van der Waals surface area contributed by atoms with Gasteiger partial charge < -0.3 is 4.42 Å². The molecule has 0 bridgehead atoms. The summed E-state index contributed by atoms with van der Waals surface area (Å²) in [5.74, 6) is 1.96. The molecule has 1 aromatic rings. The second-order valence-corrected chi connectivity index (χ2v) is 3.52. The van der Waals surface area contributed by atoms with Gasteiger partial charge in [-0.3, -0.25) is 4.79 Å². The van der Waals surface area contributed by atoms with Crippen molar-refractivity contribution in [3.05, 3.63) is 23.2 Å². The lowest BCUT2D eigenvalue weighted by molar-refractivity contribution is 0.0969. The Morgan fingerprint density at radius 3 is 3.00 bits per heavy atom. The molecular formula is C9H9BrO2. The summed E-state index contributed by atoms with van der Waals surface area (Å²) in [6, 6.07) is 1.85. The Morgan fingerprint density at radius 2 is 2.33 bits per heavy atom. The van der Waals surface area contributed by atoms with Gasteiger partial charge in [-0.25, -0.2) is 0 Å². The highest BCUT2D eigenvalue weighted by molar-refractivity contribution is 9.08. The van der Waals surface area contributed by atoms with Crippen LogP contribution in [0.2, 0.25) is 0 Å². The Morgan fingerprint density at radius 1 is 1.50 bits per heavy atom. The summed E-state index contributed by atoms with van der Waals surface area (Å²) in [4.78, 5) is 11.3. The zero-order chi connectivity index (χ0) is 8.55. The maximum Gasteiger partial charge on any atom is 0.166 e. The van der Waals surface area contributed by atoms with Crippen molar-refractivity contribution in [2.24, 2.45) is 0 Å². The number of carbonyl (C=O) groups excluding carboxylic acids is 1. The average Bonchev–Trinajstić information content (AvgIpc) is 2.49. The van der Waals surface area contributed by atoms with Crippen LogP contribution in [0.3, 0.4) is 0 Å². The molecule has 0 unspecified atom stereocenters. The molecule has 0 N–H and O–H groups in total. The van der Waals surface area contributed by atoms with E-state index in [1.165, 1.54) is 0 Å². The Kier molecular flexibility index (Phi) is 2.05. The van der Waals surface area contributed by atoms with Crippen LogP contribution in [0.15, 0.2) is 10.5 Å². The highest BCUT2D eigenvalue weighted by Gasteiger charge is 2.21. The number of Topliss-reactive ketones (excluding diaryl/α,β-unsaturated/α-hetero) is 1. The van der Waals surface area contributed by atoms with Gasteiger partial charge in [-0.1, -0.05) is 15.9 Å². The summed E-state index contributed by atoms with van der Waals surface area (Å²) < 4.78 is 5.46. The first-order valence-corrected chi connectivity index (χ1v) is 5.14. The van der Waals surface area contributed by atoms with Gasteiger partial charge in [0, 0.05) is 12.8 Å². The molecular weight excluding hydrogens is 220 g/mol. The van der Waals surface area contributed by atoms with Crippen molar-refractivity contribution in [2.45, 2.75) is 24.6 Å². The number of aryl methyl sites for hydroxylation is 1. The van der Waals surface area contributed by atoms with E-state index < -0.39 is 0 Å². The predicted molar refractivity (Wildman–Crippen MR) is 48.6 cm³/mol. The fourth-order valence-electron chi connectivity index (χ4n) is 1.52. The van der Waals surface area contributed by atoms with Crippen molar-refractivity contribution in [3.8, 4) is 0 Å². The van der Waals surface area contributed by atoms with Gasteiger partial charge in [0.2, 0.25) is 0 Å². The van der Waals surface area contributed by atoms with E-state index in [1.54, 1.807) is 0 Å². The van der Waals surface area contributed by atoms with E-state index in [0.717, 1.165) is 29.9 Å². The van der Waals surface area contributed by atoms with Crippen LogP contribution in [0.5, 0.6) is 0 Å². The van der Waals surface area contributed by atoms with Crippen molar-refractivity contribution in [3.63, 3.8) is 0 Å². The minimum Gasteiger partial charge on any atom is -0.464 e. The summed E-state index contributed by atoms with van der Waals surface area (Å²) in [6.07, 6.45) is 2.52. The molecule has 0 aliphatic heterocycles. The molecule has 0 spiro atoms. The van der Waals surface area contributed by atoms with E-state index in [4.69, 9.17) is 4.42 Å².